The van der Waals surface area contributed by atoms with E-state index in [9.17, 15) is 26.7 Å². The first-order valence-corrected chi connectivity index (χ1v) is 9.33. The van der Waals surface area contributed by atoms with Gasteiger partial charge in [0.1, 0.15) is 5.69 Å². The van der Waals surface area contributed by atoms with Crippen molar-refractivity contribution in [1.29, 1.82) is 0 Å². The molecule has 0 atom stereocenters. The van der Waals surface area contributed by atoms with Crippen molar-refractivity contribution in [2.45, 2.75) is 25.6 Å². The molecule has 0 aliphatic carbocycles. The number of benzene rings is 2. The summed E-state index contributed by atoms with van der Waals surface area (Å²) in [5.74, 6) is -3.13. The number of nitrogens with one attached hydrogen (secondary N) is 2. The van der Waals surface area contributed by atoms with E-state index in [-0.39, 0.29) is 43.9 Å². The standard InChI is InChI=1S/C20H21F5N4O/c21-16-9-15(28-14-3-1-12(2-4-14)11-27-19(26)30)10-17(22)18(16)29-7-5-13(6-8-29)20(23,24)25/h1-4,9-10,13,28H,5-8,11H2,(H3,26,27,30). The van der Waals surface area contributed by atoms with Crippen LogP contribution < -0.4 is 21.3 Å². The van der Waals surface area contributed by atoms with Crippen LogP contribution in [-0.4, -0.2) is 25.3 Å². The minimum Gasteiger partial charge on any atom is -0.367 e. The van der Waals surface area contributed by atoms with E-state index in [0.29, 0.717) is 5.69 Å². The maximum Gasteiger partial charge on any atom is 0.391 e. The first-order chi connectivity index (χ1) is 14.1. The Morgan fingerprint density at radius 3 is 2.10 bits per heavy atom. The average molecular weight is 428 g/mol. The van der Waals surface area contributed by atoms with Crippen molar-refractivity contribution in [3.05, 3.63) is 53.6 Å². The van der Waals surface area contributed by atoms with Gasteiger partial charge in [-0.2, -0.15) is 13.2 Å². The number of anilines is 3. The highest BCUT2D eigenvalue weighted by atomic mass is 19.4. The minimum atomic E-state index is -4.29. The van der Waals surface area contributed by atoms with Crippen LogP contribution in [0.2, 0.25) is 0 Å². The Balaban J connectivity index is 1.67. The number of primary amides is 1. The van der Waals surface area contributed by atoms with Gasteiger partial charge in [0.15, 0.2) is 11.6 Å². The van der Waals surface area contributed by atoms with E-state index in [1.54, 1.807) is 24.3 Å². The fourth-order valence-corrected chi connectivity index (χ4v) is 3.43. The Morgan fingerprint density at radius 1 is 1.03 bits per heavy atom. The number of alkyl halides is 3. The summed E-state index contributed by atoms with van der Waals surface area (Å²) in [6.45, 7) is 0.121. The van der Waals surface area contributed by atoms with Crippen LogP contribution in [0.3, 0.4) is 0 Å². The first kappa shape index (κ1) is 21.7. The number of carbonyl (C=O) groups is 1. The fraction of sp³-hybridized carbons (Fsp3) is 0.350. The zero-order chi connectivity index (χ0) is 21.9. The summed E-state index contributed by atoms with van der Waals surface area (Å²) >= 11 is 0. The molecule has 5 nitrogen and oxygen atoms in total. The second-order valence-corrected chi connectivity index (χ2v) is 7.13. The van der Waals surface area contributed by atoms with Crippen molar-refractivity contribution in [3.8, 4) is 0 Å². The van der Waals surface area contributed by atoms with Gasteiger partial charge in [-0.15, -0.1) is 0 Å². The van der Waals surface area contributed by atoms with Crippen LogP contribution in [0.1, 0.15) is 18.4 Å². The first-order valence-electron chi connectivity index (χ1n) is 9.33. The fourth-order valence-electron chi connectivity index (χ4n) is 3.43. The van der Waals surface area contributed by atoms with Gasteiger partial charge in [0, 0.05) is 31.0 Å². The number of rotatable bonds is 5. The normalized spacial score (nSPS) is 15.2. The van der Waals surface area contributed by atoms with E-state index < -0.39 is 29.8 Å². The smallest absolute Gasteiger partial charge is 0.367 e. The molecule has 1 saturated heterocycles. The number of amides is 2. The number of urea groups is 1. The molecule has 0 aromatic heterocycles. The van der Waals surface area contributed by atoms with E-state index in [1.165, 1.54) is 4.90 Å². The van der Waals surface area contributed by atoms with E-state index in [1.807, 2.05) is 0 Å². The Bertz CT molecular complexity index is 870. The zero-order valence-corrected chi connectivity index (χ0v) is 15.9. The highest BCUT2D eigenvalue weighted by Crippen LogP contribution is 2.37. The molecule has 10 heteroatoms. The zero-order valence-electron chi connectivity index (χ0n) is 15.9. The largest absolute Gasteiger partial charge is 0.391 e. The molecule has 2 aromatic rings. The molecular weight excluding hydrogens is 407 g/mol. The lowest BCUT2D eigenvalue weighted by molar-refractivity contribution is -0.179. The number of hydrogen-bond donors (Lipinski definition) is 3. The Morgan fingerprint density at radius 2 is 1.60 bits per heavy atom. The third kappa shape index (κ3) is 5.31. The lowest BCUT2D eigenvalue weighted by Gasteiger charge is -2.34. The van der Waals surface area contributed by atoms with E-state index in [0.717, 1.165) is 17.7 Å². The highest BCUT2D eigenvalue weighted by molar-refractivity contribution is 5.71. The molecule has 1 aliphatic heterocycles. The number of nitrogens with two attached hydrogens (primary N) is 1. The average Bonchev–Trinajstić information content (AvgIpc) is 2.66. The van der Waals surface area contributed by atoms with Gasteiger partial charge >= 0.3 is 12.2 Å². The maximum absolute atomic E-state index is 14.6. The summed E-state index contributed by atoms with van der Waals surface area (Å²) in [5.41, 5.74) is 6.21. The SMILES string of the molecule is NC(=O)NCc1ccc(Nc2cc(F)c(N3CCC(C(F)(F)F)CC3)c(F)c2)cc1. The molecule has 4 N–H and O–H groups in total. The molecule has 1 aliphatic rings. The van der Waals surface area contributed by atoms with Crippen LogP contribution in [0.5, 0.6) is 0 Å². The minimum absolute atomic E-state index is 0.0639. The van der Waals surface area contributed by atoms with E-state index in [2.05, 4.69) is 10.6 Å². The molecule has 1 fully saturated rings. The Kier molecular flexibility index (Phi) is 6.33. The van der Waals surface area contributed by atoms with Gasteiger partial charge in [0.25, 0.3) is 0 Å². The molecule has 2 amide bonds. The predicted molar refractivity (Wildman–Crippen MR) is 103 cm³/mol. The molecule has 3 rings (SSSR count). The summed E-state index contributed by atoms with van der Waals surface area (Å²) < 4.78 is 67.5. The van der Waals surface area contributed by atoms with Gasteiger partial charge < -0.3 is 21.3 Å². The molecule has 0 saturated carbocycles. The summed E-state index contributed by atoms with van der Waals surface area (Å²) in [7, 11) is 0. The van der Waals surface area contributed by atoms with Crippen LogP contribution in [0, 0.1) is 17.6 Å². The quantitative estimate of drug-likeness (QED) is 0.607. The topological polar surface area (TPSA) is 70.4 Å². The van der Waals surface area contributed by atoms with Crippen LogP contribution in [0.4, 0.5) is 43.8 Å². The van der Waals surface area contributed by atoms with Gasteiger partial charge in [0.2, 0.25) is 0 Å². The predicted octanol–water partition coefficient (Wildman–Crippen LogP) is 4.66. The number of hydrogen-bond acceptors (Lipinski definition) is 3. The van der Waals surface area contributed by atoms with E-state index >= 15 is 0 Å². The molecule has 0 spiro atoms. The van der Waals surface area contributed by atoms with Crippen LogP contribution in [-0.2, 0) is 6.54 Å². The van der Waals surface area contributed by atoms with Crippen molar-refractivity contribution in [3.63, 3.8) is 0 Å². The lowest BCUT2D eigenvalue weighted by atomic mass is 9.96. The Labute approximate surface area is 170 Å². The Hall–Kier alpha value is -3.04. The number of halogens is 5. The van der Waals surface area contributed by atoms with Crippen LogP contribution in [0.15, 0.2) is 36.4 Å². The van der Waals surface area contributed by atoms with Gasteiger partial charge in [-0.1, -0.05) is 12.1 Å². The van der Waals surface area contributed by atoms with Crippen molar-refractivity contribution < 1.29 is 26.7 Å². The molecular formula is C20H21F5N4O. The van der Waals surface area contributed by atoms with Gasteiger partial charge in [0.05, 0.1) is 5.92 Å². The molecule has 162 valence electrons. The van der Waals surface area contributed by atoms with Gasteiger partial charge in [-0.05, 0) is 42.7 Å². The van der Waals surface area contributed by atoms with Gasteiger partial charge in [-0.3, -0.25) is 0 Å². The summed E-state index contributed by atoms with van der Waals surface area (Å²) in [5, 5.41) is 5.32. The number of piperidine rings is 1. The lowest BCUT2D eigenvalue weighted by Crippen LogP contribution is -2.39. The summed E-state index contributed by atoms with van der Waals surface area (Å²) in [6.07, 6.45) is -4.68. The van der Waals surface area contributed by atoms with Crippen molar-refractivity contribution in [1.82, 2.24) is 5.32 Å². The third-order valence-corrected chi connectivity index (χ3v) is 5.00. The van der Waals surface area contributed by atoms with Crippen molar-refractivity contribution in [2.75, 3.05) is 23.3 Å². The number of carbonyl (C=O) groups excluding carboxylic acids is 1. The highest BCUT2D eigenvalue weighted by Gasteiger charge is 2.41. The third-order valence-electron chi connectivity index (χ3n) is 5.00. The van der Waals surface area contributed by atoms with E-state index in [4.69, 9.17) is 5.73 Å². The summed E-state index contributed by atoms with van der Waals surface area (Å²) in [4.78, 5) is 12.0. The molecule has 0 unspecified atom stereocenters. The monoisotopic (exact) mass is 428 g/mol. The summed E-state index contributed by atoms with van der Waals surface area (Å²) in [6, 6.07) is 8.33. The molecule has 0 bridgehead atoms. The van der Waals surface area contributed by atoms with Crippen LogP contribution >= 0.6 is 0 Å². The molecule has 30 heavy (non-hydrogen) atoms. The molecule has 0 radical (unpaired) electrons. The van der Waals surface area contributed by atoms with Gasteiger partial charge in [-0.25, -0.2) is 13.6 Å². The maximum atomic E-state index is 14.6. The second-order valence-electron chi connectivity index (χ2n) is 7.13. The molecule has 1 heterocycles. The molecule has 2 aromatic carbocycles. The number of nitrogens with zero attached hydrogens (tertiary/aromatic N) is 1. The van der Waals surface area contributed by atoms with Crippen LogP contribution in [0.25, 0.3) is 0 Å². The van der Waals surface area contributed by atoms with Crippen molar-refractivity contribution in [2.24, 2.45) is 11.7 Å². The second kappa shape index (κ2) is 8.76. The van der Waals surface area contributed by atoms with Crippen molar-refractivity contribution >= 4 is 23.1 Å².